The molecule has 0 bridgehead atoms. The Balaban J connectivity index is 2.10. The molecule has 1 heterocycles. The van der Waals surface area contributed by atoms with Crippen LogP contribution >= 0.6 is 27.3 Å². The van der Waals surface area contributed by atoms with Gasteiger partial charge in [-0.15, -0.1) is 11.3 Å². The van der Waals surface area contributed by atoms with Crippen LogP contribution in [-0.4, -0.2) is 11.1 Å². The number of carboxylic acid groups (broad SMARTS) is 1. The number of hydrogen-bond acceptors (Lipinski definition) is 2. The zero-order chi connectivity index (χ0) is 14.0. The molecule has 2 rings (SSSR count). The van der Waals surface area contributed by atoms with Crippen molar-refractivity contribution >= 4 is 33.2 Å². The van der Waals surface area contributed by atoms with Gasteiger partial charge >= 0.3 is 5.97 Å². The van der Waals surface area contributed by atoms with E-state index in [2.05, 4.69) is 29.8 Å². The van der Waals surface area contributed by atoms with Crippen LogP contribution in [0.2, 0.25) is 0 Å². The van der Waals surface area contributed by atoms with Gasteiger partial charge in [-0.2, -0.15) is 0 Å². The fourth-order valence-electron chi connectivity index (χ4n) is 3.11. The highest BCUT2D eigenvalue weighted by atomic mass is 79.9. The van der Waals surface area contributed by atoms with Crippen LogP contribution in [0.15, 0.2) is 15.9 Å². The maximum Gasteiger partial charge on any atom is 0.309 e. The van der Waals surface area contributed by atoms with Gasteiger partial charge in [0.05, 0.1) is 9.20 Å². The lowest BCUT2D eigenvalue weighted by Gasteiger charge is -2.38. The van der Waals surface area contributed by atoms with Crippen LogP contribution in [0.1, 0.15) is 44.4 Å². The Bertz CT molecular complexity index is 445. The van der Waals surface area contributed by atoms with Crippen molar-refractivity contribution in [2.24, 2.45) is 17.3 Å². The third-order valence-electron chi connectivity index (χ3n) is 4.53. The second-order valence-electron chi connectivity index (χ2n) is 6.05. The summed E-state index contributed by atoms with van der Waals surface area (Å²) < 4.78 is 1.08. The molecule has 0 aromatic carbocycles. The third-order valence-corrected chi connectivity index (χ3v) is 6.15. The number of aliphatic carboxylic acids is 1. The van der Waals surface area contributed by atoms with Crippen molar-refractivity contribution in [1.29, 1.82) is 0 Å². The summed E-state index contributed by atoms with van der Waals surface area (Å²) in [6.07, 6.45) is 4.43. The average Bonchev–Trinajstić information content (AvgIpc) is 2.75. The fourth-order valence-corrected chi connectivity index (χ4v) is 4.73. The van der Waals surface area contributed by atoms with Crippen LogP contribution in [-0.2, 0) is 11.2 Å². The first-order valence-corrected chi connectivity index (χ1v) is 8.51. The van der Waals surface area contributed by atoms with Gasteiger partial charge in [-0.05, 0) is 72.0 Å². The highest BCUT2D eigenvalue weighted by molar-refractivity contribution is 9.11. The number of thiophene rings is 1. The van der Waals surface area contributed by atoms with Gasteiger partial charge in [0.25, 0.3) is 0 Å². The normalized spacial score (nSPS) is 27.7. The van der Waals surface area contributed by atoms with E-state index in [0.29, 0.717) is 18.3 Å². The summed E-state index contributed by atoms with van der Waals surface area (Å²) in [7, 11) is 0. The minimum absolute atomic E-state index is 0.532. The molecule has 1 saturated carbocycles. The van der Waals surface area contributed by atoms with Gasteiger partial charge in [0.1, 0.15) is 0 Å². The molecule has 19 heavy (non-hydrogen) atoms. The Hall–Kier alpha value is -0.350. The van der Waals surface area contributed by atoms with Gasteiger partial charge in [0.2, 0.25) is 0 Å². The van der Waals surface area contributed by atoms with Crippen LogP contribution < -0.4 is 0 Å². The Morgan fingerprint density at radius 3 is 2.53 bits per heavy atom. The summed E-state index contributed by atoms with van der Waals surface area (Å²) in [6, 6.07) is 4.06. The molecule has 2 nitrogen and oxygen atoms in total. The molecule has 1 aromatic rings. The van der Waals surface area contributed by atoms with Crippen molar-refractivity contribution in [3.8, 4) is 0 Å². The second kappa shape index (κ2) is 5.96. The van der Waals surface area contributed by atoms with Crippen molar-refractivity contribution in [2.45, 2.75) is 46.0 Å². The van der Waals surface area contributed by atoms with Gasteiger partial charge in [0.15, 0.2) is 0 Å². The van der Waals surface area contributed by atoms with Crippen molar-refractivity contribution in [3.05, 3.63) is 20.8 Å². The molecule has 1 fully saturated rings. The first-order valence-electron chi connectivity index (χ1n) is 6.90. The Morgan fingerprint density at radius 1 is 1.47 bits per heavy atom. The standard InChI is InChI=1S/C15H21BrO2S/c1-10(2)11-5-7-15(8-6-11,14(17)18)9-12-3-4-13(16)19-12/h3-4,10-11H,5-9H2,1-2H3,(H,17,18). The molecule has 0 unspecified atom stereocenters. The number of carbonyl (C=O) groups is 1. The summed E-state index contributed by atoms with van der Waals surface area (Å²) in [4.78, 5) is 12.9. The van der Waals surface area contributed by atoms with E-state index in [4.69, 9.17) is 0 Å². The maximum atomic E-state index is 11.8. The van der Waals surface area contributed by atoms with Gasteiger partial charge in [-0.1, -0.05) is 13.8 Å². The summed E-state index contributed by atoms with van der Waals surface area (Å²) in [6.45, 7) is 4.49. The Labute approximate surface area is 127 Å². The molecule has 0 spiro atoms. The van der Waals surface area contributed by atoms with E-state index in [-0.39, 0.29) is 0 Å². The summed E-state index contributed by atoms with van der Waals surface area (Å²) in [5, 5.41) is 9.67. The smallest absolute Gasteiger partial charge is 0.309 e. The van der Waals surface area contributed by atoms with Crippen molar-refractivity contribution < 1.29 is 9.90 Å². The topological polar surface area (TPSA) is 37.3 Å². The van der Waals surface area contributed by atoms with Crippen molar-refractivity contribution in [1.82, 2.24) is 0 Å². The van der Waals surface area contributed by atoms with Gasteiger partial charge in [0, 0.05) is 4.88 Å². The van der Waals surface area contributed by atoms with E-state index < -0.39 is 11.4 Å². The van der Waals surface area contributed by atoms with E-state index in [1.807, 2.05) is 12.1 Å². The molecule has 0 saturated heterocycles. The van der Waals surface area contributed by atoms with E-state index >= 15 is 0 Å². The molecule has 0 aliphatic heterocycles. The molecule has 0 amide bonds. The van der Waals surface area contributed by atoms with Gasteiger partial charge in [-0.3, -0.25) is 4.79 Å². The maximum absolute atomic E-state index is 11.8. The quantitative estimate of drug-likeness (QED) is 0.836. The second-order valence-corrected chi connectivity index (χ2v) is 8.60. The van der Waals surface area contributed by atoms with Crippen LogP contribution in [0.4, 0.5) is 0 Å². The molecular weight excluding hydrogens is 324 g/mol. The molecule has 1 aromatic heterocycles. The minimum atomic E-state index is -0.612. The van der Waals surface area contributed by atoms with E-state index in [1.165, 1.54) is 4.88 Å². The zero-order valence-electron chi connectivity index (χ0n) is 11.5. The highest BCUT2D eigenvalue weighted by Gasteiger charge is 2.42. The zero-order valence-corrected chi connectivity index (χ0v) is 13.9. The van der Waals surface area contributed by atoms with E-state index in [1.54, 1.807) is 11.3 Å². The average molecular weight is 345 g/mol. The Kier molecular flexibility index (Phi) is 4.72. The van der Waals surface area contributed by atoms with Crippen molar-refractivity contribution in [2.75, 3.05) is 0 Å². The largest absolute Gasteiger partial charge is 0.481 e. The number of rotatable bonds is 4. The predicted molar refractivity (Wildman–Crippen MR) is 82.6 cm³/mol. The van der Waals surface area contributed by atoms with Crippen LogP contribution in [0.5, 0.6) is 0 Å². The SMILES string of the molecule is CC(C)C1CCC(Cc2ccc(Br)s2)(C(=O)O)CC1. The Morgan fingerprint density at radius 2 is 2.11 bits per heavy atom. The lowest BCUT2D eigenvalue weighted by molar-refractivity contribution is -0.151. The summed E-state index contributed by atoms with van der Waals surface area (Å²) in [5.41, 5.74) is -0.532. The molecule has 0 radical (unpaired) electrons. The van der Waals surface area contributed by atoms with E-state index in [9.17, 15) is 9.90 Å². The molecule has 1 aliphatic rings. The predicted octanol–water partition coefficient (Wildman–Crippen LogP) is 4.97. The van der Waals surface area contributed by atoms with E-state index in [0.717, 1.165) is 29.5 Å². The number of halogens is 1. The lowest BCUT2D eigenvalue weighted by atomic mass is 9.66. The summed E-state index contributed by atoms with van der Waals surface area (Å²) in [5.74, 6) is 0.754. The fraction of sp³-hybridized carbons (Fsp3) is 0.667. The van der Waals surface area contributed by atoms with Crippen LogP contribution in [0, 0.1) is 17.3 Å². The third kappa shape index (κ3) is 3.40. The summed E-state index contributed by atoms with van der Waals surface area (Å²) >= 11 is 5.11. The molecule has 4 heteroatoms. The first-order chi connectivity index (χ1) is 8.93. The monoisotopic (exact) mass is 344 g/mol. The lowest BCUT2D eigenvalue weighted by Crippen LogP contribution is -2.38. The molecular formula is C15H21BrO2S. The molecule has 1 N–H and O–H groups in total. The number of carboxylic acids is 1. The van der Waals surface area contributed by atoms with Crippen LogP contribution in [0.3, 0.4) is 0 Å². The minimum Gasteiger partial charge on any atom is -0.481 e. The molecule has 0 atom stereocenters. The molecule has 106 valence electrons. The van der Waals surface area contributed by atoms with Gasteiger partial charge in [-0.25, -0.2) is 0 Å². The van der Waals surface area contributed by atoms with Crippen LogP contribution in [0.25, 0.3) is 0 Å². The van der Waals surface area contributed by atoms with Gasteiger partial charge < -0.3 is 5.11 Å². The molecule has 1 aliphatic carbocycles. The first kappa shape index (κ1) is 15.0. The van der Waals surface area contributed by atoms with Crippen molar-refractivity contribution in [3.63, 3.8) is 0 Å². The highest BCUT2D eigenvalue weighted by Crippen LogP contribution is 2.44. The number of hydrogen-bond donors (Lipinski definition) is 1.